The van der Waals surface area contributed by atoms with E-state index in [0.29, 0.717) is 15.7 Å². The zero-order valence-electron chi connectivity index (χ0n) is 9.75. The minimum absolute atomic E-state index is 0.0532. The summed E-state index contributed by atoms with van der Waals surface area (Å²) in [6.07, 6.45) is 0. The number of nitrogens with zero attached hydrogens (tertiary/aromatic N) is 1. The Kier molecular flexibility index (Phi) is 3.44. The van der Waals surface area contributed by atoms with Gasteiger partial charge >= 0.3 is 0 Å². The molecule has 5 nitrogen and oxygen atoms in total. The van der Waals surface area contributed by atoms with Crippen molar-refractivity contribution in [2.45, 2.75) is 33.2 Å². The Morgan fingerprint density at radius 1 is 1.44 bits per heavy atom. The summed E-state index contributed by atoms with van der Waals surface area (Å²) in [7, 11) is 0. The van der Waals surface area contributed by atoms with Gasteiger partial charge in [0.2, 0.25) is 5.91 Å². The van der Waals surface area contributed by atoms with Crippen LogP contribution in [0.4, 0.5) is 5.13 Å². The number of nitrogens with two attached hydrogens (primary N) is 1. The first-order chi connectivity index (χ1) is 7.21. The van der Waals surface area contributed by atoms with Crippen LogP contribution < -0.4 is 11.1 Å². The number of rotatable bonds is 3. The molecule has 0 atom stereocenters. The molecule has 1 aromatic rings. The highest BCUT2D eigenvalue weighted by molar-refractivity contribution is 7.17. The van der Waals surface area contributed by atoms with E-state index in [1.165, 1.54) is 6.92 Å². The van der Waals surface area contributed by atoms with E-state index in [4.69, 9.17) is 5.73 Å². The Balaban J connectivity index is 2.88. The van der Waals surface area contributed by atoms with Crippen molar-refractivity contribution >= 4 is 28.2 Å². The van der Waals surface area contributed by atoms with Gasteiger partial charge in [0.1, 0.15) is 0 Å². The molecule has 0 aliphatic heterocycles. The molecule has 1 heterocycles. The summed E-state index contributed by atoms with van der Waals surface area (Å²) in [4.78, 5) is 27.4. The van der Waals surface area contributed by atoms with Gasteiger partial charge in [-0.15, -0.1) is 0 Å². The smallest absolute Gasteiger partial charge is 0.245 e. The molecule has 88 valence electrons. The second-order valence-electron chi connectivity index (χ2n) is 4.17. The normalized spacial score (nSPS) is 11.3. The van der Waals surface area contributed by atoms with Gasteiger partial charge in [-0.1, -0.05) is 11.3 Å². The minimum atomic E-state index is -0.962. The van der Waals surface area contributed by atoms with Crippen molar-refractivity contribution < 1.29 is 9.59 Å². The Bertz CT molecular complexity index is 432. The van der Waals surface area contributed by atoms with Crippen LogP contribution in [-0.2, 0) is 4.79 Å². The first kappa shape index (κ1) is 12.8. The van der Waals surface area contributed by atoms with Gasteiger partial charge in [0, 0.05) is 6.92 Å². The predicted octanol–water partition coefficient (Wildman–Crippen LogP) is 1.33. The molecule has 1 aromatic heterocycles. The predicted molar refractivity (Wildman–Crippen MR) is 63.8 cm³/mol. The lowest BCUT2D eigenvalue weighted by Gasteiger charge is -2.16. The zero-order valence-corrected chi connectivity index (χ0v) is 10.6. The molecular formula is C10H15N3O2S. The second-order valence-corrected chi connectivity index (χ2v) is 5.16. The molecule has 3 N–H and O–H groups in total. The first-order valence-corrected chi connectivity index (χ1v) is 5.62. The molecule has 0 radical (unpaired) electrons. The maximum absolute atomic E-state index is 11.6. The van der Waals surface area contributed by atoms with Crippen molar-refractivity contribution in [3.8, 4) is 0 Å². The van der Waals surface area contributed by atoms with Gasteiger partial charge in [-0.25, -0.2) is 4.98 Å². The molecule has 0 spiro atoms. The molecule has 16 heavy (non-hydrogen) atoms. The van der Waals surface area contributed by atoms with Gasteiger partial charge in [0.15, 0.2) is 10.9 Å². The number of nitrogens with one attached hydrogen (secondary N) is 1. The van der Waals surface area contributed by atoms with E-state index in [1.54, 1.807) is 20.8 Å². The minimum Gasteiger partial charge on any atom is -0.318 e. The molecule has 0 unspecified atom stereocenters. The molecule has 0 saturated heterocycles. The number of amides is 1. The molecule has 0 aromatic carbocycles. The highest BCUT2D eigenvalue weighted by Crippen LogP contribution is 2.23. The van der Waals surface area contributed by atoms with Gasteiger partial charge < -0.3 is 11.1 Å². The van der Waals surface area contributed by atoms with E-state index in [2.05, 4.69) is 10.3 Å². The van der Waals surface area contributed by atoms with E-state index < -0.39 is 5.54 Å². The van der Waals surface area contributed by atoms with Crippen LogP contribution in [-0.4, -0.2) is 22.2 Å². The van der Waals surface area contributed by atoms with Gasteiger partial charge in [0.05, 0.1) is 16.1 Å². The molecule has 0 aliphatic carbocycles. The van der Waals surface area contributed by atoms with Crippen LogP contribution in [0.2, 0.25) is 0 Å². The number of hydrogen-bond acceptors (Lipinski definition) is 5. The van der Waals surface area contributed by atoms with Crippen molar-refractivity contribution in [2.75, 3.05) is 5.32 Å². The lowest BCUT2D eigenvalue weighted by molar-refractivity contribution is -0.120. The molecule has 0 saturated carbocycles. The van der Waals surface area contributed by atoms with Crippen LogP contribution in [0, 0.1) is 6.92 Å². The average Bonchev–Trinajstić information content (AvgIpc) is 2.45. The third-order valence-electron chi connectivity index (χ3n) is 1.92. The Hall–Kier alpha value is -1.27. The number of ketones is 1. The third kappa shape index (κ3) is 2.86. The Morgan fingerprint density at radius 2 is 2.00 bits per heavy atom. The van der Waals surface area contributed by atoms with E-state index >= 15 is 0 Å². The van der Waals surface area contributed by atoms with E-state index in [1.807, 2.05) is 0 Å². The number of anilines is 1. The van der Waals surface area contributed by atoms with Crippen LogP contribution in [0.15, 0.2) is 0 Å². The number of carbonyl (C=O) groups is 2. The lowest BCUT2D eigenvalue weighted by atomic mass is 10.1. The summed E-state index contributed by atoms with van der Waals surface area (Å²) in [6, 6.07) is 0. The van der Waals surface area contributed by atoms with E-state index in [9.17, 15) is 9.59 Å². The monoisotopic (exact) mass is 241 g/mol. The first-order valence-electron chi connectivity index (χ1n) is 4.80. The van der Waals surface area contributed by atoms with Crippen molar-refractivity contribution in [1.82, 2.24) is 4.98 Å². The second kappa shape index (κ2) is 4.31. The molecular weight excluding hydrogens is 226 g/mol. The number of hydrogen-bond donors (Lipinski definition) is 2. The molecule has 1 amide bonds. The summed E-state index contributed by atoms with van der Waals surface area (Å²) in [5.41, 5.74) is 5.29. The van der Waals surface area contributed by atoms with Gasteiger partial charge in [-0.2, -0.15) is 0 Å². The van der Waals surface area contributed by atoms with Crippen LogP contribution in [0.1, 0.15) is 36.1 Å². The molecule has 1 rings (SSSR count). The van der Waals surface area contributed by atoms with Crippen molar-refractivity contribution in [1.29, 1.82) is 0 Å². The quantitative estimate of drug-likeness (QED) is 0.782. The zero-order chi connectivity index (χ0) is 12.5. The van der Waals surface area contributed by atoms with Gasteiger partial charge in [0.25, 0.3) is 0 Å². The number of Topliss-reactive ketones (excluding diaryl/α,β-unsaturated/α-hetero) is 1. The summed E-state index contributed by atoms with van der Waals surface area (Å²) in [5.74, 6) is -0.376. The topological polar surface area (TPSA) is 85.1 Å². The fourth-order valence-electron chi connectivity index (χ4n) is 1.03. The highest BCUT2D eigenvalue weighted by atomic mass is 32.1. The fourth-order valence-corrected chi connectivity index (χ4v) is 1.89. The highest BCUT2D eigenvalue weighted by Gasteiger charge is 2.23. The van der Waals surface area contributed by atoms with Gasteiger partial charge in [-0.3, -0.25) is 9.59 Å². The van der Waals surface area contributed by atoms with Crippen molar-refractivity contribution in [3.05, 3.63) is 10.6 Å². The number of aryl methyl sites for hydroxylation is 1. The third-order valence-corrected chi connectivity index (χ3v) is 3.10. The Labute approximate surface area is 98.1 Å². The maximum Gasteiger partial charge on any atom is 0.245 e. The summed E-state index contributed by atoms with van der Waals surface area (Å²) >= 11 is 1.16. The number of aromatic nitrogens is 1. The van der Waals surface area contributed by atoms with Crippen LogP contribution in [0.3, 0.4) is 0 Å². The van der Waals surface area contributed by atoms with Crippen molar-refractivity contribution in [3.63, 3.8) is 0 Å². The van der Waals surface area contributed by atoms with E-state index in [0.717, 1.165) is 11.3 Å². The SMILES string of the molecule is CC(=O)c1sc(NC(=O)C(C)(C)N)nc1C. The standard InChI is InChI=1S/C10H15N3O2S/c1-5-7(6(2)14)16-9(12-5)13-8(15)10(3,4)11/h11H2,1-4H3,(H,12,13,15). The number of carbonyl (C=O) groups excluding carboxylic acids is 2. The molecule has 0 bridgehead atoms. The van der Waals surface area contributed by atoms with Crippen LogP contribution in [0.5, 0.6) is 0 Å². The van der Waals surface area contributed by atoms with Crippen molar-refractivity contribution in [2.24, 2.45) is 5.73 Å². The molecule has 0 aliphatic rings. The van der Waals surface area contributed by atoms with E-state index in [-0.39, 0.29) is 11.7 Å². The summed E-state index contributed by atoms with van der Waals surface area (Å²) in [6.45, 7) is 6.42. The summed E-state index contributed by atoms with van der Waals surface area (Å²) in [5, 5.41) is 3.00. The molecule has 6 heteroatoms. The Morgan fingerprint density at radius 3 is 2.38 bits per heavy atom. The van der Waals surface area contributed by atoms with Gasteiger partial charge in [-0.05, 0) is 20.8 Å². The number of thiazole rings is 1. The largest absolute Gasteiger partial charge is 0.318 e. The lowest BCUT2D eigenvalue weighted by Crippen LogP contribution is -2.45. The van der Waals surface area contributed by atoms with Crippen LogP contribution in [0.25, 0.3) is 0 Å². The maximum atomic E-state index is 11.6. The fraction of sp³-hybridized carbons (Fsp3) is 0.500. The van der Waals surface area contributed by atoms with Crippen LogP contribution >= 0.6 is 11.3 Å². The average molecular weight is 241 g/mol. The summed E-state index contributed by atoms with van der Waals surface area (Å²) < 4.78 is 0. The molecule has 0 fully saturated rings.